The minimum atomic E-state index is 0.502. The van der Waals surface area contributed by atoms with Crippen molar-refractivity contribution in [3.8, 4) is 5.82 Å². The number of ether oxygens (including phenoxy) is 1. The quantitative estimate of drug-likeness (QED) is 0.751. The van der Waals surface area contributed by atoms with Gasteiger partial charge in [-0.15, -0.1) is 5.10 Å². The largest absolute Gasteiger partial charge is 0.378 e. The van der Waals surface area contributed by atoms with Crippen molar-refractivity contribution in [3.63, 3.8) is 0 Å². The van der Waals surface area contributed by atoms with E-state index < -0.39 is 0 Å². The Balaban J connectivity index is 2.32. The molecule has 5 heteroatoms. The van der Waals surface area contributed by atoms with Gasteiger partial charge < -0.3 is 4.74 Å². The standard InChI is InChI=1S/C10H12N4O/c1-8-6-14(13-12-8)10-5-3-4-9(11-10)7-15-2/h3-6H,7H2,1-2H3. The summed E-state index contributed by atoms with van der Waals surface area (Å²) in [5.41, 5.74) is 1.75. The third kappa shape index (κ3) is 2.19. The molecule has 5 nitrogen and oxygen atoms in total. The first-order chi connectivity index (χ1) is 7.29. The molecule has 0 unspecified atom stereocenters. The van der Waals surface area contributed by atoms with Crippen molar-refractivity contribution in [1.29, 1.82) is 0 Å². The molecule has 0 atom stereocenters. The van der Waals surface area contributed by atoms with E-state index in [2.05, 4.69) is 15.3 Å². The molecular formula is C10H12N4O. The Kier molecular flexibility index (Phi) is 2.73. The number of aryl methyl sites for hydroxylation is 1. The van der Waals surface area contributed by atoms with Gasteiger partial charge in [0.1, 0.15) is 0 Å². The van der Waals surface area contributed by atoms with Crippen LogP contribution in [0.2, 0.25) is 0 Å². The lowest BCUT2D eigenvalue weighted by Crippen LogP contribution is -2.01. The summed E-state index contributed by atoms with van der Waals surface area (Å²) in [6.07, 6.45) is 1.83. The van der Waals surface area contributed by atoms with Crippen LogP contribution < -0.4 is 0 Å². The predicted molar refractivity (Wildman–Crippen MR) is 54.6 cm³/mol. The molecule has 0 saturated heterocycles. The first-order valence-corrected chi connectivity index (χ1v) is 4.64. The second kappa shape index (κ2) is 4.18. The van der Waals surface area contributed by atoms with Crippen LogP contribution in [0.15, 0.2) is 24.4 Å². The molecule has 0 amide bonds. The number of hydrogen-bond donors (Lipinski definition) is 0. The Morgan fingerprint density at radius 3 is 2.93 bits per heavy atom. The van der Waals surface area contributed by atoms with Crippen LogP contribution in [-0.4, -0.2) is 27.1 Å². The number of methoxy groups -OCH3 is 1. The molecule has 0 radical (unpaired) electrons. The highest BCUT2D eigenvalue weighted by molar-refractivity contribution is 5.23. The van der Waals surface area contributed by atoms with Gasteiger partial charge in [-0.1, -0.05) is 11.3 Å². The molecule has 0 aliphatic carbocycles. The van der Waals surface area contributed by atoms with Gasteiger partial charge in [0.05, 0.1) is 24.2 Å². The van der Waals surface area contributed by atoms with E-state index in [-0.39, 0.29) is 0 Å². The molecule has 0 aliphatic rings. The van der Waals surface area contributed by atoms with E-state index in [1.165, 1.54) is 0 Å². The Labute approximate surface area is 87.7 Å². The second-order valence-electron chi connectivity index (χ2n) is 3.22. The fourth-order valence-corrected chi connectivity index (χ4v) is 1.28. The summed E-state index contributed by atoms with van der Waals surface area (Å²) in [4.78, 5) is 4.38. The van der Waals surface area contributed by atoms with E-state index in [1.807, 2.05) is 31.3 Å². The fraction of sp³-hybridized carbons (Fsp3) is 0.300. The maximum atomic E-state index is 5.02. The van der Waals surface area contributed by atoms with Crippen molar-refractivity contribution in [2.75, 3.05) is 7.11 Å². The average molecular weight is 204 g/mol. The summed E-state index contributed by atoms with van der Waals surface area (Å²) in [6.45, 7) is 2.39. The highest BCUT2D eigenvalue weighted by Gasteiger charge is 2.01. The van der Waals surface area contributed by atoms with Gasteiger partial charge in [-0.3, -0.25) is 0 Å². The Morgan fingerprint density at radius 1 is 1.40 bits per heavy atom. The van der Waals surface area contributed by atoms with Crippen LogP contribution >= 0.6 is 0 Å². The molecule has 2 heterocycles. The zero-order valence-electron chi connectivity index (χ0n) is 8.71. The first-order valence-electron chi connectivity index (χ1n) is 4.64. The molecule has 0 fully saturated rings. The van der Waals surface area contributed by atoms with Gasteiger partial charge in [0.2, 0.25) is 0 Å². The Hall–Kier alpha value is -1.75. The molecule has 0 spiro atoms. The molecular weight excluding hydrogens is 192 g/mol. The van der Waals surface area contributed by atoms with Crippen molar-refractivity contribution >= 4 is 0 Å². The lowest BCUT2D eigenvalue weighted by Gasteiger charge is -2.02. The number of rotatable bonds is 3. The van der Waals surface area contributed by atoms with Crippen LogP contribution in [0.4, 0.5) is 0 Å². The number of nitrogens with zero attached hydrogens (tertiary/aromatic N) is 4. The normalized spacial score (nSPS) is 10.5. The minimum Gasteiger partial charge on any atom is -0.378 e. The highest BCUT2D eigenvalue weighted by Crippen LogP contribution is 2.05. The van der Waals surface area contributed by atoms with E-state index >= 15 is 0 Å². The lowest BCUT2D eigenvalue weighted by molar-refractivity contribution is 0.181. The molecule has 2 aromatic heterocycles. The minimum absolute atomic E-state index is 0.502. The van der Waals surface area contributed by atoms with E-state index in [9.17, 15) is 0 Å². The Bertz CT molecular complexity index is 452. The summed E-state index contributed by atoms with van der Waals surface area (Å²) >= 11 is 0. The molecule has 78 valence electrons. The SMILES string of the molecule is COCc1cccc(-n2cc(C)nn2)n1. The number of aromatic nitrogens is 4. The molecule has 2 aromatic rings. The molecule has 0 bridgehead atoms. The molecule has 0 saturated carbocycles. The van der Waals surface area contributed by atoms with Crippen molar-refractivity contribution in [1.82, 2.24) is 20.0 Å². The molecule has 0 N–H and O–H groups in total. The number of pyridine rings is 1. The third-order valence-electron chi connectivity index (χ3n) is 1.93. The average Bonchev–Trinajstić information content (AvgIpc) is 2.66. The van der Waals surface area contributed by atoms with Crippen LogP contribution in [0.5, 0.6) is 0 Å². The molecule has 0 aliphatic heterocycles. The summed E-state index contributed by atoms with van der Waals surface area (Å²) in [6, 6.07) is 5.72. The van der Waals surface area contributed by atoms with Crippen LogP contribution in [0.25, 0.3) is 5.82 Å². The monoisotopic (exact) mass is 204 g/mol. The van der Waals surface area contributed by atoms with Gasteiger partial charge in [0.25, 0.3) is 0 Å². The van der Waals surface area contributed by atoms with Gasteiger partial charge in [0.15, 0.2) is 5.82 Å². The number of hydrogen-bond acceptors (Lipinski definition) is 4. The maximum Gasteiger partial charge on any atom is 0.155 e. The van der Waals surface area contributed by atoms with Crippen molar-refractivity contribution in [3.05, 3.63) is 35.8 Å². The van der Waals surface area contributed by atoms with Gasteiger partial charge in [-0.2, -0.15) is 0 Å². The van der Waals surface area contributed by atoms with Gasteiger partial charge in [-0.25, -0.2) is 9.67 Å². The Morgan fingerprint density at radius 2 is 2.27 bits per heavy atom. The van der Waals surface area contributed by atoms with Gasteiger partial charge >= 0.3 is 0 Å². The summed E-state index contributed by atoms with van der Waals surface area (Å²) in [5.74, 6) is 0.755. The maximum absolute atomic E-state index is 5.02. The highest BCUT2D eigenvalue weighted by atomic mass is 16.5. The van der Waals surface area contributed by atoms with Crippen LogP contribution in [0, 0.1) is 6.92 Å². The zero-order valence-corrected chi connectivity index (χ0v) is 8.71. The van der Waals surface area contributed by atoms with Crippen LogP contribution in [0.3, 0.4) is 0 Å². The van der Waals surface area contributed by atoms with Gasteiger partial charge in [-0.05, 0) is 19.1 Å². The predicted octanol–water partition coefficient (Wildman–Crippen LogP) is 1.12. The van der Waals surface area contributed by atoms with Crippen molar-refractivity contribution in [2.24, 2.45) is 0 Å². The van der Waals surface area contributed by atoms with E-state index in [1.54, 1.807) is 11.8 Å². The fourth-order valence-electron chi connectivity index (χ4n) is 1.28. The topological polar surface area (TPSA) is 52.8 Å². The van der Waals surface area contributed by atoms with E-state index in [0.29, 0.717) is 6.61 Å². The first kappa shape index (κ1) is 9.79. The molecule has 15 heavy (non-hydrogen) atoms. The lowest BCUT2D eigenvalue weighted by atomic mass is 10.3. The molecule has 2 rings (SSSR count). The van der Waals surface area contributed by atoms with Gasteiger partial charge in [0, 0.05) is 7.11 Å². The summed E-state index contributed by atoms with van der Waals surface area (Å²) < 4.78 is 6.66. The summed E-state index contributed by atoms with van der Waals surface area (Å²) in [5, 5.41) is 7.86. The van der Waals surface area contributed by atoms with E-state index in [0.717, 1.165) is 17.2 Å². The van der Waals surface area contributed by atoms with Crippen molar-refractivity contribution in [2.45, 2.75) is 13.5 Å². The second-order valence-corrected chi connectivity index (χ2v) is 3.22. The third-order valence-corrected chi connectivity index (χ3v) is 1.93. The molecule has 0 aromatic carbocycles. The summed E-state index contributed by atoms with van der Waals surface area (Å²) in [7, 11) is 1.65. The van der Waals surface area contributed by atoms with Crippen LogP contribution in [0.1, 0.15) is 11.4 Å². The smallest absolute Gasteiger partial charge is 0.155 e. The van der Waals surface area contributed by atoms with Crippen molar-refractivity contribution < 1.29 is 4.74 Å². The van der Waals surface area contributed by atoms with Crippen LogP contribution in [-0.2, 0) is 11.3 Å². The zero-order chi connectivity index (χ0) is 10.7. The van der Waals surface area contributed by atoms with E-state index in [4.69, 9.17) is 4.74 Å².